The molecule has 35 heavy (non-hydrogen) atoms. The summed E-state index contributed by atoms with van der Waals surface area (Å²) in [6, 6.07) is 17.2. The van der Waals surface area contributed by atoms with Gasteiger partial charge in [0.15, 0.2) is 10.8 Å². The van der Waals surface area contributed by atoms with Gasteiger partial charge in [0.05, 0.1) is 18.0 Å². The lowest BCUT2D eigenvalue weighted by molar-refractivity contribution is -0.116. The SMILES string of the molecule is CCN(C(=O)CSc1nccn1-c1ccccc1C)c1c(N)n(Cc2ccccc2)c(=O)[nH]c1=O. The van der Waals surface area contributed by atoms with E-state index in [0.717, 1.165) is 16.8 Å². The van der Waals surface area contributed by atoms with Crippen molar-refractivity contribution in [2.45, 2.75) is 25.5 Å². The van der Waals surface area contributed by atoms with Crippen molar-refractivity contribution in [2.24, 2.45) is 0 Å². The number of aromatic amines is 1. The number of imidazole rings is 1. The first-order chi connectivity index (χ1) is 16.9. The Hall–Kier alpha value is -4.05. The third kappa shape index (κ3) is 5.07. The van der Waals surface area contributed by atoms with Gasteiger partial charge in [0.25, 0.3) is 5.56 Å². The monoisotopic (exact) mass is 490 g/mol. The van der Waals surface area contributed by atoms with Crippen molar-refractivity contribution < 1.29 is 4.79 Å². The number of nitrogen functional groups attached to an aromatic ring is 1. The molecule has 2 aromatic carbocycles. The van der Waals surface area contributed by atoms with Gasteiger partial charge in [-0.2, -0.15) is 0 Å². The summed E-state index contributed by atoms with van der Waals surface area (Å²) in [5, 5.41) is 0.652. The topological polar surface area (TPSA) is 119 Å². The van der Waals surface area contributed by atoms with Crippen LogP contribution in [0.2, 0.25) is 0 Å². The highest BCUT2D eigenvalue weighted by atomic mass is 32.2. The number of hydrogen-bond donors (Lipinski definition) is 2. The molecule has 3 N–H and O–H groups in total. The van der Waals surface area contributed by atoms with Crippen molar-refractivity contribution in [3.05, 3.63) is 99.0 Å². The van der Waals surface area contributed by atoms with Gasteiger partial charge >= 0.3 is 5.69 Å². The van der Waals surface area contributed by atoms with Crippen molar-refractivity contribution >= 4 is 29.2 Å². The van der Waals surface area contributed by atoms with Gasteiger partial charge in [-0.3, -0.25) is 23.7 Å². The van der Waals surface area contributed by atoms with Gasteiger partial charge in [-0.05, 0) is 31.0 Å². The summed E-state index contributed by atoms with van der Waals surface area (Å²) in [5.41, 5.74) is 7.82. The number of benzene rings is 2. The van der Waals surface area contributed by atoms with E-state index in [1.54, 1.807) is 13.1 Å². The van der Waals surface area contributed by atoms with Crippen LogP contribution in [0.5, 0.6) is 0 Å². The molecule has 0 fully saturated rings. The van der Waals surface area contributed by atoms with E-state index in [9.17, 15) is 14.4 Å². The Morgan fingerprint density at radius 1 is 1.11 bits per heavy atom. The van der Waals surface area contributed by atoms with Gasteiger partial charge in [0.1, 0.15) is 5.82 Å². The molecular formula is C25H26N6O3S. The van der Waals surface area contributed by atoms with Crippen LogP contribution in [0.25, 0.3) is 5.69 Å². The quantitative estimate of drug-likeness (QED) is 0.367. The summed E-state index contributed by atoms with van der Waals surface area (Å²) < 4.78 is 3.19. The Labute approximate surface area is 206 Å². The molecule has 1 amide bonds. The first kappa shape index (κ1) is 24.1. The second-order valence-electron chi connectivity index (χ2n) is 7.86. The minimum Gasteiger partial charge on any atom is -0.383 e. The third-order valence-electron chi connectivity index (χ3n) is 5.59. The standard InChI is InChI=1S/C25H26N6O3S/c1-3-29(20(32)16-35-25-27-13-14-30(25)19-12-8-7-9-17(19)2)21-22(26)31(24(34)28-23(21)33)15-18-10-5-4-6-11-18/h4-14H,3,15-16,26H2,1-2H3,(H,28,33,34). The molecule has 0 unspecified atom stereocenters. The number of H-pyrrole nitrogens is 1. The Morgan fingerprint density at radius 3 is 2.54 bits per heavy atom. The first-order valence-corrected chi connectivity index (χ1v) is 12.1. The maximum atomic E-state index is 13.2. The summed E-state index contributed by atoms with van der Waals surface area (Å²) in [5.74, 6) is -0.337. The predicted molar refractivity (Wildman–Crippen MR) is 138 cm³/mol. The summed E-state index contributed by atoms with van der Waals surface area (Å²) in [6.07, 6.45) is 3.52. The molecule has 0 radical (unpaired) electrons. The van der Waals surface area contributed by atoms with E-state index in [-0.39, 0.29) is 36.3 Å². The van der Waals surface area contributed by atoms with E-state index in [0.29, 0.717) is 5.16 Å². The highest BCUT2D eigenvalue weighted by Crippen LogP contribution is 2.24. The van der Waals surface area contributed by atoms with Crippen LogP contribution < -0.4 is 21.9 Å². The summed E-state index contributed by atoms with van der Waals surface area (Å²) in [4.78, 5) is 46.4. The first-order valence-electron chi connectivity index (χ1n) is 11.1. The molecule has 0 saturated carbocycles. The van der Waals surface area contributed by atoms with Crippen LogP contribution in [0.4, 0.5) is 11.5 Å². The molecule has 10 heteroatoms. The van der Waals surface area contributed by atoms with Crippen molar-refractivity contribution in [1.82, 2.24) is 19.1 Å². The lowest BCUT2D eigenvalue weighted by Gasteiger charge is -2.23. The number of nitrogens with zero attached hydrogens (tertiary/aromatic N) is 4. The van der Waals surface area contributed by atoms with Gasteiger partial charge in [-0.15, -0.1) is 0 Å². The molecule has 0 bridgehead atoms. The van der Waals surface area contributed by atoms with Crippen LogP contribution in [0.3, 0.4) is 0 Å². The van der Waals surface area contributed by atoms with Crippen molar-refractivity contribution in [3.63, 3.8) is 0 Å². The van der Waals surface area contributed by atoms with Crippen LogP contribution in [0, 0.1) is 6.92 Å². The lowest BCUT2D eigenvalue weighted by Crippen LogP contribution is -2.41. The van der Waals surface area contributed by atoms with E-state index in [2.05, 4.69) is 9.97 Å². The smallest absolute Gasteiger partial charge is 0.330 e. The van der Waals surface area contributed by atoms with Crippen LogP contribution in [0.15, 0.2) is 81.7 Å². The number of carbonyl (C=O) groups is 1. The Morgan fingerprint density at radius 2 is 1.83 bits per heavy atom. The van der Waals surface area contributed by atoms with Gasteiger partial charge in [-0.1, -0.05) is 60.3 Å². The summed E-state index contributed by atoms with van der Waals surface area (Å²) in [6.45, 7) is 4.14. The third-order valence-corrected chi connectivity index (χ3v) is 6.54. The predicted octanol–water partition coefficient (Wildman–Crippen LogP) is 2.81. The molecule has 0 aliphatic heterocycles. The fourth-order valence-electron chi connectivity index (χ4n) is 3.84. The molecule has 0 saturated heterocycles. The van der Waals surface area contributed by atoms with Gasteiger partial charge in [0.2, 0.25) is 5.91 Å². The maximum absolute atomic E-state index is 13.2. The van der Waals surface area contributed by atoms with E-state index in [4.69, 9.17) is 5.73 Å². The fourth-order valence-corrected chi connectivity index (χ4v) is 4.68. The minimum atomic E-state index is -0.696. The zero-order valence-electron chi connectivity index (χ0n) is 19.5. The largest absolute Gasteiger partial charge is 0.383 e. The van der Waals surface area contributed by atoms with Gasteiger partial charge in [-0.25, -0.2) is 9.78 Å². The van der Waals surface area contributed by atoms with Crippen LogP contribution in [-0.2, 0) is 11.3 Å². The number of para-hydroxylation sites is 1. The molecule has 9 nitrogen and oxygen atoms in total. The van der Waals surface area contributed by atoms with Gasteiger partial charge in [0, 0.05) is 18.9 Å². The van der Waals surface area contributed by atoms with Crippen molar-refractivity contribution in [3.8, 4) is 5.69 Å². The van der Waals surface area contributed by atoms with Crippen molar-refractivity contribution in [1.29, 1.82) is 0 Å². The Balaban J connectivity index is 1.59. The molecule has 180 valence electrons. The highest BCUT2D eigenvalue weighted by molar-refractivity contribution is 7.99. The zero-order valence-corrected chi connectivity index (χ0v) is 20.3. The normalized spacial score (nSPS) is 10.9. The average Bonchev–Trinajstić information content (AvgIpc) is 3.32. The second-order valence-corrected chi connectivity index (χ2v) is 8.80. The lowest BCUT2D eigenvalue weighted by atomic mass is 10.2. The molecule has 0 aliphatic carbocycles. The number of amides is 1. The fraction of sp³-hybridized carbons (Fsp3) is 0.200. The number of anilines is 2. The van der Waals surface area contributed by atoms with Crippen LogP contribution >= 0.6 is 11.8 Å². The molecule has 0 spiro atoms. The number of aryl methyl sites for hydroxylation is 1. The Kier molecular flexibility index (Phi) is 7.21. The number of thioether (sulfide) groups is 1. The van der Waals surface area contributed by atoms with E-state index in [1.165, 1.54) is 21.2 Å². The molecule has 0 atom stereocenters. The molecule has 2 heterocycles. The number of carbonyl (C=O) groups excluding carboxylic acids is 1. The summed E-state index contributed by atoms with van der Waals surface area (Å²) >= 11 is 1.26. The molecular weight excluding hydrogens is 464 g/mol. The second kappa shape index (κ2) is 10.5. The average molecular weight is 491 g/mol. The van der Waals surface area contributed by atoms with E-state index >= 15 is 0 Å². The zero-order chi connectivity index (χ0) is 24.9. The van der Waals surface area contributed by atoms with Crippen LogP contribution in [0.1, 0.15) is 18.1 Å². The number of hydrogen-bond acceptors (Lipinski definition) is 6. The highest BCUT2D eigenvalue weighted by Gasteiger charge is 2.24. The molecule has 4 rings (SSSR count). The van der Waals surface area contributed by atoms with E-state index < -0.39 is 11.2 Å². The van der Waals surface area contributed by atoms with E-state index in [1.807, 2.05) is 72.3 Å². The minimum absolute atomic E-state index is 0.0316. The van der Waals surface area contributed by atoms with Crippen molar-refractivity contribution in [2.75, 3.05) is 22.9 Å². The number of nitrogens with one attached hydrogen (secondary N) is 1. The van der Waals surface area contributed by atoms with Gasteiger partial charge < -0.3 is 10.6 Å². The number of nitrogens with two attached hydrogens (primary N) is 1. The Bertz CT molecular complexity index is 1460. The number of rotatable bonds is 8. The number of aromatic nitrogens is 4. The summed E-state index contributed by atoms with van der Waals surface area (Å²) in [7, 11) is 0. The molecule has 4 aromatic rings. The van der Waals surface area contributed by atoms with Crippen LogP contribution in [-0.4, -0.2) is 37.3 Å². The molecule has 0 aliphatic rings. The maximum Gasteiger partial charge on any atom is 0.330 e. The molecule has 2 aromatic heterocycles.